The molecule has 0 bridgehead atoms. The Balaban J connectivity index is 1.70. The number of ether oxygens (including phenoxy) is 1. The highest BCUT2D eigenvalue weighted by Crippen LogP contribution is 2.35. The van der Waals surface area contributed by atoms with Crippen LogP contribution in [0, 0.1) is 0 Å². The summed E-state index contributed by atoms with van der Waals surface area (Å²) in [5, 5.41) is 3.58. The second kappa shape index (κ2) is 9.48. The van der Waals surface area contributed by atoms with E-state index < -0.39 is 12.0 Å². The van der Waals surface area contributed by atoms with Crippen molar-refractivity contribution in [1.29, 1.82) is 0 Å². The summed E-state index contributed by atoms with van der Waals surface area (Å²) in [5.41, 5.74) is 1.22. The van der Waals surface area contributed by atoms with E-state index in [-0.39, 0.29) is 28.6 Å². The first-order valence-electron chi connectivity index (χ1n) is 9.88. The summed E-state index contributed by atoms with van der Waals surface area (Å²) in [6.45, 7) is 0.986. The van der Waals surface area contributed by atoms with Crippen LogP contribution in [0.25, 0.3) is 22.3 Å². The molecule has 1 N–H and O–H groups in total. The number of amides is 1. The summed E-state index contributed by atoms with van der Waals surface area (Å²) >= 11 is 12.4. The van der Waals surface area contributed by atoms with Gasteiger partial charge in [0.25, 0.3) is 0 Å². The van der Waals surface area contributed by atoms with Crippen LogP contribution in [0.2, 0.25) is 10.0 Å². The van der Waals surface area contributed by atoms with E-state index in [0.717, 1.165) is 0 Å². The molecule has 3 aromatic carbocycles. The van der Waals surface area contributed by atoms with E-state index in [1.54, 1.807) is 60.7 Å². The third-order valence-corrected chi connectivity index (χ3v) is 5.37. The van der Waals surface area contributed by atoms with Gasteiger partial charge in [-0.25, -0.2) is 0 Å². The first-order chi connectivity index (χ1) is 15.8. The standard InChI is InChI=1S/C25H17Cl2NO5/c1-14(29)28-17-9-6-15(7-10-17)21(30)13-32-25-23(31)19-12-16(26)8-11-22(19)33-24(25)18-4-2-3-5-20(18)27/h2-12H,13H2,1H3,(H,28,29). The first-order valence-corrected chi connectivity index (χ1v) is 10.6. The van der Waals surface area contributed by atoms with Gasteiger partial charge in [-0.05, 0) is 54.6 Å². The monoisotopic (exact) mass is 481 g/mol. The number of carbonyl (C=O) groups excluding carboxylic acids is 2. The normalized spacial score (nSPS) is 10.8. The Kier molecular flexibility index (Phi) is 6.49. The lowest BCUT2D eigenvalue weighted by atomic mass is 10.1. The molecule has 4 aromatic rings. The molecule has 0 saturated heterocycles. The van der Waals surface area contributed by atoms with Gasteiger partial charge < -0.3 is 14.5 Å². The number of fused-ring (bicyclic) bond motifs is 1. The highest BCUT2D eigenvalue weighted by Gasteiger charge is 2.21. The Morgan fingerprint density at radius 3 is 2.42 bits per heavy atom. The molecule has 1 aromatic heterocycles. The highest BCUT2D eigenvalue weighted by atomic mass is 35.5. The van der Waals surface area contributed by atoms with Gasteiger partial charge in [0.15, 0.2) is 18.2 Å². The maximum Gasteiger partial charge on any atom is 0.235 e. The van der Waals surface area contributed by atoms with Crippen LogP contribution >= 0.6 is 23.2 Å². The molecule has 166 valence electrons. The molecule has 0 saturated carbocycles. The Morgan fingerprint density at radius 1 is 1.00 bits per heavy atom. The van der Waals surface area contributed by atoms with Gasteiger partial charge in [-0.3, -0.25) is 14.4 Å². The van der Waals surface area contributed by atoms with Gasteiger partial charge in [0.05, 0.1) is 10.4 Å². The lowest BCUT2D eigenvalue weighted by Gasteiger charge is -2.12. The summed E-state index contributed by atoms with van der Waals surface area (Å²) in [6.07, 6.45) is 0. The highest BCUT2D eigenvalue weighted by molar-refractivity contribution is 6.33. The van der Waals surface area contributed by atoms with Gasteiger partial charge in [0, 0.05) is 28.8 Å². The van der Waals surface area contributed by atoms with E-state index in [9.17, 15) is 14.4 Å². The SMILES string of the molecule is CC(=O)Nc1ccc(C(=O)COc2c(-c3ccccc3Cl)oc3ccc(Cl)cc3c2=O)cc1. The van der Waals surface area contributed by atoms with Crippen LogP contribution in [0.1, 0.15) is 17.3 Å². The predicted octanol–water partition coefficient (Wildman–Crippen LogP) is 5.99. The molecule has 0 radical (unpaired) electrons. The van der Waals surface area contributed by atoms with Crippen molar-refractivity contribution < 1.29 is 18.7 Å². The molecule has 0 spiro atoms. The second-order valence-electron chi connectivity index (χ2n) is 7.18. The van der Waals surface area contributed by atoms with Gasteiger partial charge in [-0.15, -0.1) is 0 Å². The van der Waals surface area contributed by atoms with Gasteiger partial charge in [-0.1, -0.05) is 35.3 Å². The summed E-state index contributed by atoms with van der Waals surface area (Å²) in [7, 11) is 0. The Morgan fingerprint density at radius 2 is 1.73 bits per heavy atom. The minimum atomic E-state index is -0.470. The molecule has 0 aliphatic carbocycles. The molecule has 0 aliphatic rings. The fourth-order valence-corrected chi connectivity index (χ4v) is 3.66. The topological polar surface area (TPSA) is 85.6 Å². The average Bonchev–Trinajstić information content (AvgIpc) is 2.79. The van der Waals surface area contributed by atoms with E-state index in [1.807, 2.05) is 0 Å². The van der Waals surface area contributed by atoms with Gasteiger partial charge in [-0.2, -0.15) is 0 Å². The molecule has 0 atom stereocenters. The van der Waals surface area contributed by atoms with Gasteiger partial charge in [0.2, 0.25) is 17.1 Å². The third kappa shape index (κ3) is 4.92. The molecule has 8 heteroatoms. The van der Waals surface area contributed by atoms with E-state index >= 15 is 0 Å². The maximum absolute atomic E-state index is 13.2. The maximum atomic E-state index is 13.2. The smallest absolute Gasteiger partial charge is 0.235 e. The number of nitrogens with one attached hydrogen (secondary N) is 1. The van der Waals surface area contributed by atoms with Crippen LogP contribution in [-0.2, 0) is 4.79 Å². The third-order valence-electron chi connectivity index (χ3n) is 4.80. The summed E-state index contributed by atoms with van der Waals surface area (Å²) < 4.78 is 11.7. The van der Waals surface area contributed by atoms with Crippen molar-refractivity contribution in [2.24, 2.45) is 0 Å². The Labute approximate surface area is 198 Å². The molecule has 0 unspecified atom stereocenters. The molecule has 1 heterocycles. The number of Topliss-reactive ketones (excluding diaryl/α,β-unsaturated/α-hetero) is 1. The van der Waals surface area contributed by atoms with Crippen LogP contribution < -0.4 is 15.5 Å². The lowest BCUT2D eigenvalue weighted by Crippen LogP contribution is -2.17. The number of halogens is 2. The number of hydrogen-bond acceptors (Lipinski definition) is 5. The number of hydrogen-bond donors (Lipinski definition) is 1. The number of carbonyl (C=O) groups is 2. The van der Waals surface area contributed by atoms with Crippen molar-refractivity contribution in [3.8, 4) is 17.1 Å². The minimum Gasteiger partial charge on any atom is -0.478 e. The molecular weight excluding hydrogens is 465 g/mol. The summed E-state index contributed by atoms with van der Waals surface area (Å²) in [5.74, 6) is -0.594. The zero-order chi connectivity index (χ0) is 23.5. The fourth-order valence-electron chi connectivity index (χ4n) is 3.27. The van der Waals surface area contributed by atoms with E-state index in [1.165, 1.54) is 13.0 Å². The van der Waals surface area contributed by atoms with E-state index in [2.05, 4.69) is 5.32 Å². The quantitative estimate of drug-likeness (QED) is 0.342. The number of rotatable bonds is 6. The van der Waals surface area contributed by atoms with Crippen molar-refractivity contribution in [3.05, 3.63) is 92.6 Å². The molecule has 1 amide bonds. The van der Waals surface area contributed by atoms with Gasteiger partial charge >= 0.3 is 0 Å². The zero-order valence-electron chi connectivity index (χ0n) is 17.4. The van der Waals surface area contributed by atoms with Crippen molar-refractivity contribution in [3.63, 3.8) is 0 Å². The summed E-state index contributed by atoms with van der Waals surface area (Å²) in [4.78, 5) is 37.1. The molecule has 0 aliphatic heterocycles. The zero-order valence-corrected chi connectivity index (χ0v) is 18.9. The first kappa shape index (κ1) is 22.6. The molecule has 0 fully saturated rings. The van der Waals surface area contributed by atoms with Crippen LogP contribution in [0.15, 0.2) is 75.9 Å². The molecule has 6 nitrogen and oxygen atoms in total. The Hall–Kier alpha value is -3.61. The van der Waals surface area contributed by atoms with E-state index in [4.69, 9.17) is 32.4 Å². The van der Waals surface area contributed by atoms with Crippen molar-refractivity contribution in [1.82, 2.24) is 0 Å². The van der Waals surface area contributed by atoms with Crippen molar-refractivity contribution in [2.45, 2.75) is 6.92 Å². The number of ketones is 1. The van der Waals surface area contributed by atoms with Crippen LogP contribution in [-0.4, -0.2) is 18.3 Å². The van der Waals surface area contributed by atoms with E-state index in [0.29, 0.717) is 32.4 Å². The average molecular weight is 482 g/mol. The van der Waals surface area contributed by atoms with Crippen molar-refractivity contribution in [2.75, 3.05) is 11.9 Å². The molecule has 4 rings (SSSR count). The predicted molar refractivity (Wildman–Crippen MR) is 129 cm³/mol. The fraction of sp³-hybridized carbons (Fsp3) is 0.0800. The molecular formula is C25H17Cl2NO5. The largest absolute Gasteiger partial charge is 0.478 e. The number of anilines is 1. The van der Waals surface area contributed by atoms with Crippen LogP contribution in [0.4, 0.5) is 5.69 Å². The summed E-state index contributed by atoms with van der Waals surface area (Å²) in [6, 6.07) is 17.9. The minimum absolute atomic E-state index is 0.120. The van der Waals surface area contributed by atoms with Gasteiger partial charge in [0.1, 0.15) is 5.58 Å². The lowest BCUT2D eigenvalue weighted by molar-refractivity contribution is -0.114. The van der Waals surface area contributed by atoms with Crippen LogP contribution in [0.3, 0.4) is 0 Å². The van der Waals surface area contributed by atoms with Crippen LogP contribution in [0.5, 0.6) is 5.75 Å². The molecule has 33 heavy (non-hydrogen) atoms. The Bertz CT molecular complexity index is 1430. The van der Waals surface area contributed by atoms with Crippen molar-refractivity contribution >= 4 is 51.5 Å². The second-order valence-corrected chi connectivity index (χ2v) is 8.02. The number of benzene rings is 3.